The number of hydrogen-bond acceptors (Lipinski definition) is 6. The third-order valence-electron chi connectivity index (χ3n) is 5.20. The van der Waals surface area contributed by atoms with Crippen molar-refractivity contribution in [3.05, 3.63) is 35.3 Å². The smallest absolute Gasteiger partial charge is 0.243 e. The van der Waals surface area contributed by atoms with Crippen LogP contribution in [0.5, 0.6) is 0 Å². The van der Waals surface area contributed by atoms with E-state index in [4.69, 9.17) is 0 Å². The summed E-state index contributed by atoms with van der Waals surface area (Å²) in [4.78, 5) is 31.8. The molecule has 2 fully saturated rings. The van der Waals surface area contributed by atoms with Gasteiger partial charge in [0, 0.05) is 42.8 Å². The number of thiazole rings is 1. The summed E-state index contributed by atoms with van der Waals surface area (Å²) in [5.41, 5.74) is 0.593. The van der Waals surface area contributed by atoms with Gasteiger partial charge in [0.05, 0.1) is 10.8 Å². The van der Waals surface area contributed by atoms with Crippen molar-refractivity contribution in [3.63, 3.8) is 0 Å². The summed E-state index contributed by atoms with van der Waals surface area (Å²) in [5.74, 6) is -0.862. The van der Waals surface area contributed by atoms with E-state index in [1.807, 2.05) is 6.92 Å². The monoisotopic (exact) mass is 434 g/mol. The molecule has 0 bridgehead atoms. The van der Waals surface area contributed by atoms with Crippen molar-refractivity contribution in [2.75, 3.05) is 29.9 Å². The minimum atomic E-state index is -3.49. The SMILES string of the molecule is Cc1cnc(NC(=O)[C@@H]2CC(=O)N(c3ccc(S(=O)(=O)N4CCCC4)cc3)C2)s1. The Morgan fingerprint density at radius 3 is 2.52 bits per heavy atom. The first-order chi connectivity index (χ1) is 13.8. The van der Waals surface area contributed by atoms with Gasteiger partial charge in [-0.15, -0.1) is 11.3 Å². The van der Waals surface area contributed by atoms with Crippen molar-refractivity contribution >= 4 is 44.0 Å². The maximum Gasteiger partial charge on any atom is 0.243 e. The van der Waals surface area contributed by atoms with Crippen molar-refractivity contribution in [2.45, 2.75) is 31.1 Å². The minimum Gasteiger partial charge on any atom is -0.312 e. The molecular formula is C19H22N4O4S2. The van der Waals surface area contributed by atoms with Crippen molar-refractivity contribution in [3.8, 4) is 0 Å². The van der Waals surface area contributed by atoms with Gasteiger partial charge in [-0.25, -0.2) is 13.4 Å². The van der Waals surface area contributed by atoms with Crippen molar-refractivity contribution < 1.29 is 18.0 Å². The Morgan fingerprint density at radius 2 is 1.90 bits per heavy atom. The van der Waals surface area contributed by atoms with E-state index in [2.05, 4.69) is 10.3 Å². The van der Waals surface area contributed by atoms with Crippen LogP contribution in [0, 0.1) is 12.8 Å². The standard InChI is InChI=1S/C19H22N4O4S2/c1-13-11-20-19(28-13)21-18(25)14-10-17(24)23(12-14)15-4-6-16(7-5-15)29(26,27)22-8-2-3-9-22/h4-7,11,14H,2-3,8-10,12H2,1H3,(H,20,21,25)/t14-/m1/s1. The van der Waals surface area contributed by atoms with Crippen molar-refractivity contribution in [1.29, 1.82) is 0 Å². The lowest BCUT2D eigenvalue weighted by molar-refractivity contribution is -0.122. The molecule has 2 aliphatic rings. The van der Waals surface area contributed by atoms with Gasteiger partial charge in [0.15, 0.2) is 5.13 Å². The molecule has 154 valence electrons. The molecule has 1 N–H and O–H groups in total. The Balaban J connectivity index is 1.44. The highest BCUT2D eigenvalue weighted by Crippen LogP contribution is 2.29. The zero-order chi connectivity index (χ0) is 20.6. The van der Waals surface area contributed by atoms with Crippen LogP contribution in [0.2, 0.25) is 0 Å². The second kappa shape index (κ2) is 7.85. The first-order valence-corrected chi connectivity index (χ1v) is 11.7. The Hall–Kier alpha value is -2.30. The van der Waals surface area contributed by atoms with Gasteiger partial charge >= 0.3 is 0 Å². The predicted octanol–water partition coefficient (Wildman–Crippen LogP) is 2.23. The molecule has 0 aliphatic carbocycles. The maximum atomic E-state index is 12.6. The molecule has 29 heavy (non-hydrogen) atoms. The van der Waals surface area contributed by atoms with Gasteiger partial charge < -0.3 is 10.2 Å². The molecule has 0 spiro atoms. The second-order valence-corrected chi connectivity index (χ2v) is 10.4. The summed E-state index contributed by atoms with van der Waals surface area (Å²) in [6.45, 7) is 3.25. The fourth-order valence-corrected chi connectivity index (χ4v) is 5.81. The van der Waals surface area contributed by atoms with E-state index in [0.717, 1.165) is 17.7 Å². The van der Waals surface area contributed by atoms with Gasteiger partial charge in [-0.05, 0) is 44.0 Å². The summed E-state index contributed by atoms with van der Waals surface area (Å²) >= 11 is 1.38. The van der Waals surface area contributed by atoms with E-state index in [0.29, 0.717) is 23.9 Å². The van der Waals surface area contributed by atoms with Crippen LogP contribution in [0.3, 0.4) is 0 Å². The number of aromatic nitrogens is 1. The van der Waals surface area contributed by atoms with E-state index < -0.39 is 15.9 Å². The number of amides is 2. The number of hydrogen-bond donors (Lipinski definition) is 1. The van der Waals surface area contributed by atoms with Gasteiger partial charge in [-0.2, -0.15) is 4.31 Å². The minimum absolute atomic E-state index is 0.115. The van der Waals surface area contributed by atoms with Crippen LogP contribution in [-0.4, -0.2) is 49.2 Å². The quantitative estimate of drug-likeness (QED) is 0.778. The first-order valence-electron chi connectivity index (χ1n) is 9.48. The Kier molecular flexibility index (Phi) is 5.41. The lowest BCUT2D eigenvalue weighted by Crippen LogP contribution is -2.29. The van der Waals surface area contributed by atoms with Crippen molar-refractivity contribution in [1.82, 2.24) is 9.29 Å². The van der Waals surface area contributed by atoms with Crippen LogP contribution in [-0.2, 0) is 19.6 Å². The first kappa shape index (κ1) is 20.0. The molecule has 2 aliphatic heterocycles. The van der Waals surface area contributed by atoms with Crippen molar-refractivity contribution in [2.24, 2.45) is 5.92 Å². The number of carbonyl (C=O) groups is 2. The van der Waals surface area contributed by atoms with Crippen LogP contribution in [0.4, 0.5) is 10.8 Å². The molecular weight excluding hydrogens is 412 g/mol. The molecule has 2 aromatic rings. The summed E-state index contributed by atoms with van der Waals surface area (Å²) < 4.78 is 26.8. The van der Waals surface area contributed by atoms with Crippen LogP contribution in [0.15, 0.2) is 35.4 Å². The highest BCUT2D eigenvalue weighted by atomic mass is 32.2. The fourth-order valence-electron chi connectivity index (χ4n) is 3.63. The number of anilines is 2. The van der Waals surface area contributed by atoms with E-state index in [1.165, 1.54) is 32.7 Å². The zero-order valence-electron chi connectivity index (χ0n) is 16.0. The summed E-state index contributed by atoms with van der Waals surface area (Å²) in [6, 6.07) is 6.32. The Morgan fingerprint density at radius 1 is 1.21 bits per heavy atom. The van der Waals surface area contributed by atoms with E-state index in [9.17, 15) is 18.0 Å². The van der Waals surface area contributed by atoms with E-state index in [-0.39, 0.29) is 29.7 Å². The third kappa shape index (κ3) is 4.05. The molecule has 1 aromatic carbocycles. The molecule has 1 atom stereocenters. The number of carbonyl (C=O) groups excluding carboxylic acids is 2. The fraction of sp³-hybridized carbons (Fsp3) is 0.421. The molecule has 3 heterocycles. The molecule has 2 amide bonds. The molecule has 4 rings (SSSR count). The van der Waals surface area contributed by atoms with Gasteiger partial charge in [-0.3, -0.25) is 9.59 Å². The number of nitrogens with zero attached hydrogens (tertiary/aromatic N) is 3. The topological polar surface area (TPSA) is 99.7 Å². The third-order valence-corrected chi connectivity index (χ3v) is 7.94. The van der Waals surface area contributed by atoms with Gasteiger partial charge in [0.25, 0.3) is 0 Å². The Bertz CT molecular complexity index is 1030. The average Bonchev–Trinajstić information content (AvgIpc) is 3.43. The van der Waals surface area contributed by atoms with Gasteiger partial charge in [0.2, 0.25) is 21.8 Å². The Labute approximate surface area is 173 Å². The van der Waals surface area contributed by atoms with E-state index in [1.54, 1.807) is 18.3 Å². The molecule has 2 saturated heterocycles. The summed E-state index contributed by atoms with van der Waals surface area (Å²) in [5, 5.41) is 3.29. The predicted molar refractivity (Wildman–Crippen MR) is 110 cm³/mol. The summed E-state index contributed by atoms with van der Waals surface area (Å²) in [7, 11) is -3.49. The lowest BCUT2D eigenvalue weighted by Gasteiger charge is -2.19. The number of benzene rings is 1. The maximum absolute atomic E-state index is 12.6. The van der Waals surface area contributed by atoms with Crippen LogP contribution >= 0.6 is 11.3 Å². The highest BCUT2D eigenvalue weighted by molar-refractivity contribution is 7.89. The van der Waals surface area contributed by atoms with Crippen LogP contribution in [0.1, 0.15) is 24.1 Å². The molecule has 0 radical (unpaired) electrons. The highest BCUT2D eigenvalue weighted by Gasteiger charge is 2.36. The van der Waals surface area contributed by atoms with Gasteiger partial charge in [-0.1, -0.05) is 0 Å². The van der Waals surface area contributed by atoms with Crippen LogP contribution < -0.4 is 10.2 Å². The molecule has 0 saturated carbocycles. The number of sulfonamides is 1. The average molecular weight is 435 g/mol. The van der Waals surface area contributed by atoms with Crippen LogP contribution in [0.25, 0.3) is 0 Å². The number of aryl methyl sites for hydroxylation is 1. The lowest BCUT2D eigenvalue weighted by atomic mass is 10.1. The van der Waals surface area contributed by atoms with Gasteiger partial charge in [0.1, 0.15) is 0 Å². The number of nitrogens with one attached hydrogen (secondary N) is 1. The second-order valence-electron chi connectivity index (χ2n) is 7.28. The zero-order valence-corrected chi connectivity index (χ0v) is 17.6. The molecule has 1 aromatic heterocycles. The summed E-state index contributed by atoms with van der Waals surface area (Å²) in [6.07, 6.45) is 3.56. The normalized spacial score (nSPS) is 20.4. The molecule has 10 heteroatoms. The largest absolute Gasteiger partial charge is 0.312 e. The van der Waals surface area contributed by atoms with E-state index >= 15 is 0 Å². The number of rotatable bonds is 5. The molecule has 8 nitrogen and oxygen atoms in total. The molecule has 0 unspecified atom stereocenters.